The first-order valence-electron chi connectivity index (χ1n) is 6.53. The minimum absolute atomic E-state index is 0.234. The van der Waals surface area contributed by atoms with Gasteiger partial charge >= 0.3 is 0 Å². The molecule has 0 saturated carbocycles. The summed E-state index contributed by atoms with van der Waals surface area (Å²) < 4.78 is 5.48. The highest BCUT2D eigenvalue weighted by molar-refractivity contribution is 5.60. The Hall–Kier alpha value is -0.410. The van der Waals surface area contributed by atoms with Gasteiger partial charge in [-0.3, -0.25) is 0 Å². The Morgan fingerprint density at radius 3 is 2.44 bits per heavy atom. The molecule has 1 aliphatic rings. The molecule has 0 amide bonds. The number of aldehydes is 1. The lowest BCUT2D eigenvalue weighted by atomic mass is 9.83. The lowest BCUT2D eigenvalue weighted by Gasteiger charge is -2.36. The average Bonchev–Trinajstić information content (AvgIpc) is 2.31. The van der Waals surface area contributed by atoms with Crippen LogP contribution in [0.3, 0.4) is 0 Å². The van der Waals surface area contributed by atoms with Gasteiger partial charge in [0, 0.05) is 13.2 Å². The molecule has 0 radical (unpaired) electrons. The second-order valence-electron chi connectivity index (χ2n) is 4.91. The molecule has 0 N–H and O–H groups in total. The van der Waals surface area contributed by atoms with Crippen molar-refractivity contribution < 1.29 is 9.53 Å². The van der Waals surface area contributed by atoms with Gasteiger partial charge < -0.3 is 14.4 Å². The summed E-state index contributed by atoms with van der Waals surface area (Å²) in [6.07, 6.45) is 5.43. The van der Waals surface area contributed by atoms with Crippen molar-refractivity contribution in [2.45, 2.75) is 39.5 Å². The third-order valence-corrected chi connectivity index (χ3v) is 3.22. The van der Waals surface area contributed by atoms with Crippen LogP contribution in [0.4, 0.5) is 0 Å². The van der Waals surface area contributed by atoms with Crippen molar-refractivity contribution in [3.05, 3.63) is 0 Å². The summed E-state index contributed by atoms with van der Waals surface area (Å²) in [5.41, 5.74) is -0.234. The maximum Gasteiger partial charge on any atom is 0.129 e. The molecule has 1 heterocycles. The molecule has 1 unspecified atom stereocenters. The van der Waals surface area contributed by atoms with E-state index in [0.29, 0.717) is 6.61 Å². The van der Waals surface area contributed by atoms with E-state index in [9.17, 15) is 4.79 Å². The highest BCUT2D eigenvalue weighted by Gasteiger charge is 2.34. The molecule has 0 aromatic heterocycles. The normalized spacial score (nSPS) is 25.9. The van der Waals surface area contributed by atoms with E-state index >= 15 is 0 Å². The fourth-order valence-electron chi connectivity index (χ4n) is 2.48. The third kappa shape index (κ3) is 3.87. The number of carbonyl (C=O) groups is 1. The van der Waals surface area contributed by atoms with Gasteiger partial charge in [-0.1, -0.05) is 13.8 Å². The molecule has 16 heavy (non-hydrogen) atoms. The standard InChI is InChI=1S/C13H25NO2/c1-3-7-14(8-4-2)10-13(11-15)6-5-9-16-12-13/h11H,3-10,12H2,1-2H3. The summed E-state index contributed by atoms with van der Waals surface area (Å²) in [6.45, 7) is 8.85. The smallest absolute Gasteiger partial charge is 0.129 e. The van der Waals surface area contributed by atoms with E-state index in [0.717, 1.165) is 58.2 Å². The maximum atomic E-state index is 11.3. The van der Waals surface area contributed by atoms with Crippen molar-refractivity contribution in [2.75, 3.05) is 32.8 Å². The number of hydrogen-bond donors (Lipinski definition) is 0. The largest absolute Gasteiger partial charge is 0.380 e. The Morgan fingerprint density at radius 2 is 2.00 bits per heavy atom. The monoisotopic (exact) mass is 227 g/mol. The van der Waals surface area contributed by atoms with Gasteiger partial charge in [-0.25, -0.2) is 0 Å². The SMILES string of the molecule is CCCN(CCC)CC1(C=O)CCCOC1. The summed E-state index contributed by atoms with van der Waals surface area (Å²) in [6, 6.07) is 0. The molecule has 1 atom stereocenters. The Morgan fingerprint density at radius 1 is 1.31 bits per heavy atom. The van der Waals surface area contributed by atoms with Gasteiger partial charge in [-0.05, 0) is 38.8 Å². The minimum Gasteiger partial charge on any atom is -0.380 e. The van der Waals surface area contributed by atoms with Gasteiger partial charge in [0.1, 0.15) is 6.29 Å². The first-order chi connectivity index (χ1) is 7.76. The molecule has 0 spiro atoms. The zero-order valence-electron chi connectivity index (χ0n) is 10.7. The van der Waals surface area contributed by atoms with Crippen LogP contribution in [0.15, 0.2) is 0 Å². The van der Waals surface area contributed by atoms with Crippen molar-refractivity contribution >= 4 is 6.29 Å². The fraction of sp³-hybridized carbons (Fsp3) is 0.923. The van der Waals surface area contributed by atoms with Crippen LogP contribution >= 0.6 is 0 Å². The Balaban J connectivity index is 2.53. The number of nitrogens with zero attached hydrogens (tertiary/aromatic N) is 1. The molecule has 1 fully saturated rings. The minimum atomic E-state index is -0.234. The van der Waals surface area contributed by atoms with Crippen LogP contribution < -0.4 is 0 Å². The summed E-state index contributed by atoms with van der Waals surface area (Å²) in [5.74, 6) is 0. The zero-order valence-corrected chi connectivity index (χ0v) is 10.7. The van der Waals surface area contributed by atoms with E-state index in [1.165, 1.54) is 0 Å². The Labute approximate surface area is 99.1 Å². The van der Waals surface area contributed by atoms with Crippen molar-refractivity contribution in [2.24, 2.45) is 5.41 Å². The molecule has 3 nitrogen and oxygen atoms in total. The molecule has 1 aliphatic heterocycles. The Bertz CT molecular complexity index is 194. The molecule has 94 valence electrons. The number of rotatable bonds is 7. The van der Waals surface area contributed by atoms with Crippen LogP contribution in [0.2, 0.25) is 0 Å². The topological polar surface area (TPSA) is 29.5 Å². The van der Waals surface area contributed by atoms with E-state index in [1.807, 2.05) is 0 Å². The first kappa shape index (κ1) is 13.7. The van der Waals surface area contributed by atoms with Crippen molar-refractivity contribution in [1.29, 1.82) is 0 Å². The van der Waals surface area contributed by atoms with E-state index in [-0.39, 0.29) is 5.41 Å². The molecule has 3 heteroatoms. The second kappa shape index (κ2) is 7.02. The molecular weight excluding hydrogens is 202 g/mol. The molecule has 0 aromatic rings. The van der Waals surface area contributed by atoms with Gasteiger partial charge in [-0.15, -0.1) is 0 Å². The third-order valence-electron chi connectivity index (χ3n) is 3.22. The summed E-state index contributed by atoms with van der Waals surface area (Å²) in [7, 11) is 0. The number of carbonyl (C=O) groups excluding carboxylic acids is 1. The van der Waals surface area contributed by atoms with Gasteiger partial charge in [0.25, 0.3) is 0 Å². The van der Waals surface area contributed by atoms with E-state index < -0.39 is 0 Å². The van der Waals surface area contributed by atoms with Crippen LogP contribution in [0.1, 0.15) is 39.5 Å². The zero-order chi connectivity index (χ0) is 11.9. The van der Waals surface area contributed by atoms with Gasteiger partial charge in [0.2, 0.25) is 0 Å². The predicted octanol–water partition coefficient (Wildman–Crippen LogP) is 2.10. The van der Waals surface area contributed by atoms with Crippen LogP contribution in [-0.2, 0) is 9.53 Å². The summed E-state index contributed by atoms with van der Waals surface area (Å²) in [5, 5.41) is 0. The van der Waals surface area contributed by atoms with Gasteiger partial charge in [0.15, 0.2) is 0 Å². The van der Waals surface area contributed by atoms with Gasteiger partial charge in [0.05, 0.1) is 12.0 Å². The van der Waals surface area contributed by atoms with Crippen molar-refractivity contribution in [3.8, 4) is 0 Å². The lowest BCUT2D eigenvalue weighted by molar-refractivity contribution is -0.125. The van der Waals surface area contributed by atoms with Gasteiger partial charge in [-0.2, -0.15) is 0 Å². The maximum absolute atomic E-state index is 11.3. The van der Waals surface area contributed by atoms with Crippen LogP contribution in [-0.4, -0.2) is 44.0 Å². The van der Waals surface area contributed by atoms with Crippen molar-refractivity contribution in [1.82, 2.24) is 4.90 Å². The van der Waals surface area contributed by atoms with E-state index in [2.05, 4.69) is 18.7 Å². The second-order valence-corrected chi connectivity index (χ2v) is 4.91. The van der Waals surface area contributed by atoms with Crippen molar-refractivity contribution in [3.63, 3.8) is 0 Å². The molecule has 0 bridgehead atoms. The highest BCUT2D eigenvalue weighted by Crippen LogP contribution is 2.27. The number of ether oxygens (including phenoxy) is 1. The summed E-state index contributed by atoms with van der Waals surface area (Å²) >= 11 is 0. The first-order valence-corrected chi connectivity index (χ1v) is 6.53. The molecule has 1 rings (SSSR count). The molecule has 0 aromatic carbocycles. The summed E-state index contributed by atoms with van der Waals surface area (Å²) in [4.78, 5) is 13.7. The fourth-order valence-corrected chi connectivity index (χ4v) is 2.48. The van der Waals surface area contributed by atoms with E-state index in [4.69, 9.17) is 4.74 Å². The highest BCUT2D eigenvalue weighted by atomic mass is 16.5. The van der Waals surface area contributed by atoms with Crippen LogP contribution in [0, 0.1) is 5.41 Å². The van der Waals surface area contributed by atoms with E-state index in [1.54, 1.807) is 0 Å². The number of hydrogen-bond acceptors (Lipinski definition) is 3. The predicted molar refractivity (Wildman–Crippen MR) is 65.6 cm³/mol. The average molecular weight is 227 g/mol. The quantitative estimate of drug-likeness (QED) is 0.624. The van der Waals surface area contributed by atoms with Crippen LogP contribution in [0.25, 0.3) is 0 Å². The van der Waals surface area contributed by atoms with Crippen LogP contribution in [0.5, 0.6) is 0 Å². The molecular formula is C13H25NO2. The Kier molecular flexibility index (Phi) is 5.99. The molecule has 1 saturated heterocycles. The molecule has 0 aliphatic carbocycles. The lowest BCUT2D eigenvalue weighted by Crippen LogP contribution is -2.44.